The minimum Gasteiger partial charge on any atom is -0.387 e. The van der Waals surface area contributed by atoms with Crippen molar-refractivity contribution in [2.45, 2.75) is 25.9 Å². The van der Waals surface area contributed by atoms with Crippen LogP contribution in [0.15, 0.2) is 52.0 Å². The zero-order valence-electron chi connectivity index (χ0n) is 16.2. The highest BCUT2D eigenvalue weighted by Crippen LogP contribution is 2.24. The summed E-state index contributed by atoms with van der Waals surface area (Å²) in [4.78, 5) is 31.1. The number of H-pyrrole nitrogens is 1. The Kier molecular flexibility index (Phi) is 5.34. The largest absolute Gasteiger partial charge is 0.387 e. The van der Waals surface area contributed by atoms with E-state index in [1.807, 2.05) is 0 Å². The number of hydrogen-bond donors (Lipinski definition) is 3. The van der Waals surface area contributed by atoms with Crippen LogP contribution in [-0.4, -0.2) is 43.1 Å². The summed E-state index contributed by atoms with van der Waals surface area (Å²) in [7, 11) is 0. The fraction of sp³-hybridized carbons (Fsp3) is 0.200. The van der Waals surface area contributed by atoms with Crippen molar-refractivity contribution < 1.29 is 23.2 Å². The molecule has 0 aliphatic heterocycles. The number of aromatic nitrogens is 4. The number of halogens is 2. The van der Waals surface area contributed by atoms with Gasteiger partial charge in [-0.2, -0.15) is 4.98 Å². The Morgan fingerprint density at radius 2 is 2.13 bits per heavy atom. The van der Waals surface area contributed by atoms with Crippen molar-refractivity contribution in [3.8, 4) is 11.4 Å². The first-order chi connectivity index (χ1) is 14.8. The standard InChI is InChI=1S/C20H17F2N5O4/c1-10-2-3-11(19-25-17(31-26-19)8-15(29)18(21)22)6-13(10)24-20(30)14-9-23-16-7-12(28)4-5-27(14)16/h2-7,9,15,18,23,29H,8H2,1H3,(H,24,30). The Hall–Kier alpha value is -3.86. The quantitative estimate of drug-likeness (QED) is 0.432. The number of benzene rings is 1. The van der Waals surface area contributed by atoms with Gasteiger partial charge < -0.3 is 19.9 Å². The van der Waals surface area contributed by atoms with Gasteiger partial charge in [0.2, 0.25) is 11.7 Å². The molecular formula is C20H17F2N5O4. The second kappa shape index (κ2) is 8.11. The third kappa shape index (κ3) is 4.21. The second-order valence-corrected chi connectivity index (χ2v) is 6.89. The number of carbonyl (C=O) groups is 1. The zero-order chi connectivity index (χ0) is 22.1. The lowest BCUT2D eigenvalue weighted by Gasteiger charge is -2.09. The van der Waals surface area contributed by atoms with Gasteiger partial charge in [0.1, 0.15) is 17.4 Å². The van der Waals surface area contributed by atoms with Crippen LogP contribution in [0.3, 0.4) is 0 Å². The van der Waals surface area contributed by atoms with Crippen LogP contribution in [0.5, 0.6) is 0 Å². The van der Waals surface area contributed by atoms with Gasteiger partial charge in [-0.3, -0.25) is 14.0 Å². The van der Waals surface area contributed by atoms with Gasteiger partial charge in [0.15, 0.2) is 5.43 Å². The molecule has 4 aromatic rings. The molecule has 0 aliphatic carbocycles. The maximum Gasteiger partial charge on any atom is 0.274 e. The number of rotatable bonds is 6. The lowest BCUT2D eigenvalue weighted by atomic mass is 10.1. The number of nitrogens with zero attached hydrogens (tertiary/aromatic N) is 3. The van der Waals surface area contributed by atoms with Gasteiger partial charge in [0.05, 0.1) is 6.42 Å². The molecule has 0 bridgehead atoms. The number of aryl methyl sites for hydroxylation is 1. The Labute approximate surface area is 173 Å². The van der Waals surface area contributed by atoms with E-state index >= 15 is 0 Å². The molecule has 1 atom stereocenters. The average Bonchev–Trinajstić information content (AvgIpc) is 3.36. The highest BCUT2D eigenvalue weighted by atomic mass is 19.3. The van der Waals surface area contributed by atoms with E-state index in [-0.39, 0.29) is 17.1 Å². The summed E-state index contributed by atoms with van der Waals surface area (Å²) in [6.45, 7) is 1.80. The number of pyridine rings is 1. The summed E-state index contributed by atoms with van der Waals surface area (Å²) in [6, 6.07) is 7.78. The summed E-state index contributed by atoms with van der Waals surface area (Å²) in [5.74, 6) is -0.401. The molecule has 9 nitrogen and oxygen atoms in total. The molecule has 1 amide bonds. The van der Waals surface area contributed by atoms with E-state index in [1.54, 1.807) is 29.5 Å². The van der Waals surface area contributed by atoms with Crippen LogP contribution in [0.4, 0.5) is 14.5 Å². The van der Waals surface area contributed by atoms with Gasteiger partial charge in [-0.15, -0.1) is 0 Å². The second-order valence-electron chi connectivity index (χ2n) is 6.89. The van der Waals surface area contributed by atoms with Crippen molar-refractivity contribution in [1.29, 1.82) is 0 Å². The van der Waals surface area contributed by atoms with Gasteiger partial charge in [-0.1, -0.05) is 17.3 Å². The highest BCUT2D eigenvalue weighted by Gasteiger charge is 2.21. The van der Waals surface area contributed by atoms with Crippen LogP contribution in [0.1, 0.15) is 21.9 Å². The van der Waals surface area contributed by atoms with E-state index < -0.39 is 24.9 Å². The van der Waals surface area contributed by atoms with Crippen molar-refractivity contribution in [3.63, 3.8) is 0 Å². The minimum atomic E-state index is -2.92. The molecule has 31 heavy (non-hydrogen) atoms. The zero-order valence-corrected chi connectivity index (χ0v) is 16.2. The number of anilines is 1. The van der Waals surface area contributed by atoms with Gasteiger partial charge in [-0.05, 0) is 18.6 Å². The number of aromatic amines is 1. The van der Waals surface area contributed by atoms with E-state index in [0.717, 1.165) is 5.56 Å². The molecule has 160 valence electrons. The van der Waals surface area contributed by atoms with Crippen LogP contribution in [0.2, 0.25) is 0 Å². The van der Waals surface area contributed by atoms with E-state index in [4.69, 9.17) is 4.52 Å². The molecule has 3 aromatic heterocycles. The van der Waals surface area contributed by atoms with Crippen LogP contribution in [-0.2, 0) is 6.42 Å². The molecule has 0 aliphatic rings. The Bertz CT molecular complexity index is 1310. The lowest BCUT2D eigenvalue weighted by molar-refractivity contribution is -0.00754. The Morgan fingerprint density at radius 3 is 2.90 bits per heavy atom. The van der Waals surface area contributed by atoms with E-state index in [2.05, 4.69) is 20.4 Å². The maximum atomic E-state index is 12.8. The molecular weight excluding hydrogens is 412 g/mol. The molecule has 1 unspecified atom stereocenters. The van der Waals surface area contributed by atoms with Crippen molar-refractivity contribution in [3.05, 3.63) is 70.1 Å². The number of hydrogen-bond acceptors (Lipinski definition) is 6. The molecule has 0 spiro atoms. The number of nitrogens with one attached hydrogen (secondary N) is 2. The van der Waals surface area contributed by atoms with Crippen molar-refractivity contribution >= 4 is 17.2 Å². The topological polar surface area (TPSA) is 126 Å². The van der Waals surface area contributed by atoms with Crippen LogP contribution in [0.25, 0.3) is 17.0 Å². The number of carbonyl (C=O) groups excluding carboxylic acids is 1. The van der Waals surface area contributed by atoms with Gasteiger partial charge in [0, 0.05) is 35.8 Å². The molecule has 4 rings (SSSR count). The first kappa shape index (κ1) is 20.4. The monoisotopic (exact) mass is 429 g/mol. The minimum absolute atomic E-state index is 0.123. The first-order valence-electron chi connectivity index (χ1n) is 9.23. The molecule has 0 radical (unpaired) electrons. The Morgan fingerprint density at radius 1 is 1.32 bits per heavy atom. The lowest BCUT2D eigenvalue weighted by Crippen LogP contribution is -2.20. The number of imidazole rings is 1. The number of aliphatic hydroxyl groups is 1. The van der Waals surface area contributed by atoms with Gasteiger partial charge in [0.25, 0.3) is 12.3 Å². The van der Waals surface area contributed by atoms with Crippen LogP contribution >= 0.6 is 0 Å². The predicted molar refractivity (Wildman–Crippen MR) is 106 cm³/mol. The predicted octanol–water partition coefficient (Wildman–Crippen LogP) is 2.41. The molecule has 3 heterocycles. The van der Waals surface area contributed by atoms with Crippen molar-refractivity contribution in [2.24, 2.45) is 0 Å². The normalized spacial score (nSPS) is 12.4. The van der Waals surface area contributed by atoms with E-state index in [9.17, 15) is 23.5 Å². The number of alkyl halides is 2. The molecule has 11 heteroatoms. The van der Waals surface area contributed by atoms with Crippen LogP contribution < -0.4 is 10.7 Å². The van der Waals surface area contributed by atoms with E-state index in [0.29, 0.717) is 22.6 Å². The van der Waals surface area contributed by atoms with Gasteiger partial charge in [-0.25, -0.2) is 8.78 Å². The maximum absolute atomic E-state index is 12.8. The molecule has 1 aromatic carbocycles. The fourth-order valence-corrected chi connectivity index (χ4v) is 2.99. The average molecular weight is 429 g/mol. The van der Waals surface area contributed by atoms with E-state index in [1.165, 1.54) is 24.5 Å². The smallest absolute Gasteiger partial charge is 0.274 e. The summed E-state index contributed by atoms with van der Waals surface area (Å²) >= 11 is 0. The van der Waals surface area contributed by atoms with Crippen molar-refractivity contribution in [1.82, 2.24) is 19.5 Å². The molecule has 0 saturated heterocycles. The first-order valence-corrected chi connectivity index (χ1v) is 9.23. The summed E-state index contributed by atoms with van der Waals surface area (Å²) in [5, 5.41) is 15.8. The number of fused-ring (bicyclic) bond motifs is 1. The van der Waals surface area contributed by atoms with Crippen molar-refractivity contribution in [2.75, 3.05) is 5.32 Å². The highest BCUT2D eigenvalue weighted by molar-refractivity contribution is 6.04. The number of amides is 1. The molecule has 3 N–H and O–H groups in total. The summed E-state index contributed by atoms with van der Waals surface area (Å²) in [5.41, 5.74) is 2.33. The third-order valence-electron chi connectivity index (χ3n) is 4.66. The molecule has 0 fully saturated rings. The summed E-state index contributed by atoms with van der Waals surface area (Å²) in [6.07, 6.45) is -2.29. The van der Waals surface area contributed by atoms with Gasteiger partial charge >= 0.3 is 0 Å². The Balaban J connectivity index is 1.57. The fourth-order valence-electron chi connectivity index (χ4n) is 2.99. The van der Waals surface area contributed by atoms with Crippen LogP contribution in [0, 0.1) is 6.92 Å². The molecule has 0 saturated carbocycles. The summed E-state index contributed by atoms with van der Waals surface area (Å²) < 4.78 is 31.5. The SMILES string of the molecule is Cc1ccc(-c2noc(CC(O)C(F)F)n2)cc1NC(=O)c1c[nH]c2cc(=O)ccn12. The number of aliphatic hydroxyl groups excluding tert-OH is 1. The third-order valence-corrected chi connectivity index (χ3v) is 4.66.